The van der Waals surface area contributed by atoms with Gasteiger partial charge in [-0.3, -0.25) is 14.9 Å². The number of aliphatic hydroxyl groups is 1. The first-order valence-corrected chi connectivity index (χ1v) is 5.53. The zero-order valence-corrected chi connectivity index (χ0v) is 9.81. The summed E-state index contributed by atoms with van der Waals surface area (Å²) in [6, 6.07) is 4.28. The lowest BCUT2D eigenvalue weighted by atomic mass is 10.1. The van der Waals surface area contributed by atoms with Gasteiger partial charge in [0.25, 0.3) is 0 Å². The van der Waals surface area contributed by atoms with Crippen LogP contribution >= 0.6 is 0 Å². The van der Waals surface area contributed by atoms with Gasteiger partial charge in [0.2, 0.25) is 11.8 Å². The topological polar surface area (TPSA) is 69.6 Å². The largest absolute Gasteiger partial charge is 0.389 e. The molecule has 0 saturated carbocycles. The lowest BCUT2D eigenvalue weighted by Crippen LogP contribution is -2.52. The molecular weight excluding hydrogens is 239 g/mol. The molecule has 0 radical (unpaired) electrons. The van der Waals surface area contributed by atoms with E-state index in [1.54, 1.807) is 6.07 Å². The zero-order chi connectivity index (χ0) is 13.3. The number of hydrogen-bond donors (Lipinski definition) is 2. The molecule has 1 aliphatic heterocycles. The van der Waals surface area contributed by atoms with Crippen molar-refractivity contribution < 1.29 is 19.1 Å². The minimum Gasteiger partial charge on any atom is -0.389 e. The number of nitrogens with one attached hydrogen (secondary N) is 1. The number of carbonyl (C=O) groups is 2. The van der Waals surface area contributed by atoms with Crippen LogP contribution in [0.15, 0.2) is 18.2 Å². The molecule has 1 atom stereocenters. The van der Waals surface area contributed by atoms with Crippen molar-refractivity contribution in [2.24, 2.45) is 0 Å². The molecule has 2 N–H and O–H groups in total. The lowest BCUT2D eigenvalue weighted by molar-refractivity contribution is -0.130. The van der Waals surface area contributed by atoms with Crippen LogP contribution in [-0.4, -0.2) is 30.0 Å². The summed E-state index contributed by atoms with van der Waals surface area (Å²) in [6.07, 6.45) is -0.879. The third-order valence-corrected chi connectivity index (χ3v) is 2.73. The predicted molar refractivity (Wildman–Crippen MR) is 62.4 cm³/mol. The monoisotopic (exact) mass is 252 g/mol. The molecule has 1 unspecified atom stereocenters. The highest BCUT2D eigenvalue weighted by molar-refractivity contribution is 6.02. The fourth-order valence-corrected chi connectivity index (χ4v) is 2.00. The minimum absolute atomic E-state index is 0.105. The summed E-state index contributed by atoms with van der Waals surface area (Å²) in [4.78, 5) is 23.9. The van der Waals surface area contributed by atoms with Crippen LogP contribution < -0.4 is 10.2 Å². The Morgan fingerprint density at radius 2 is 1.94 bits per heavy atom. The molecule has 0 aliphatic carbocycles. The Kier molecular flexibility index (Phi) is 3.29. The lowest BCUT2D eigenvalue weighted by Gasteiger charge is -2.30. The van der Waals surface area contributed by atoms with E-state index in [4.69, 9.17) is 0 Å². The molecule has 1 heterocycles. The molecule has 2 amide bonds. The number of amides is 2. The van der Waals surface area contributed by atoms with E-state index in [2.05, 4.69) is 5.32 Å². The minimum atomic E-state index is -0.879. The number of halogens is 1. The van der Waals surface area contributed by atoms with Crippen molar-refractivity contribution in [3.63, 3.8) is 0 Å². The molecular formula is C12H13FN2O3. The summed E-state index contributed by atoms with van der Waals surface area (Å²) < 4.78 is 13.9. The number of aliphatic hydroxyl groups excluding tert-OH is 1. The first kappa shape index (κ1) is 12.5. The second kappa shape index (κ2) is 4.73. The number of para-hydroxylation sites is 1. The number of anilines is 1. The summed E-state index contributed by atoms with van der Waals surface area (Å²) in [7, 11) is 0. The van der Waals surface area contributed by atoms with Crippen molar-refractivity contribution in [2.75, 3.05) is 18.0 Å². The predicted octanol–water partition coefficient (Wildman–Crippen LogP) is 0.342. The highest BCUT2D eigenvalue weighted by atomic mass is 19.1. The number of rotatable bonds is 2. The summed E-state index contributed by atoms with van der Waals surface area (Å²) in [6.45, 7) is 1.29. The number of nitrogens with zero attached hydrogens (tertiary/aromatic N) is 1. The SMILES string of the molecule is CC(O)c1cccc(F)c1N1CC(=O)NC(=O)C1. The van der Waals surface area contributed by atoms with Gasteiger partial charge >= 0.3 is 0 Å². The van der Waals surface area contributed by atoms with Gasteiger partial charge < -0.3 is 10.0 Å². The van der Waals surface area contributed by atoms with Crippen molar-refractivity contribution in [2.45, 2.75) is 13.0 Å². The first-order valence-electron chi connectivity index (χ1n) is 5.53. The van der Waals surface area contributed by atoms with Gasteiger partial charge in [-0.1, -0.05) is 12.1 Å². The van der Waals surface area contributed by atoms with Gasteiger partial charge in [-0.2, -0.15) is 0 Å². The molecule has 1 aliphatic rings. The third kappa shape index (κ3) is 2.33. The van der Waals surface area contributed by atoms with Crippen molar-refractivity contribution in [3.8, 4) is 0 Å². The van der Waals surface area contributed by atoms with Crippen LogP contribution in [0, 0.1) is 5.82 Å². The van der Waals surface area contributed by atoms with Crippen molar-refractivity contribution in [1.82, 2.24) is 5.32 Å². The molecule has 96 valence electrons. The fraction of sp³-hybridized carbons (Fsp3) is 0.333. The fourth-order valence-electron chi connectivity index (χ4n) is 2.00. The van der Waals surface area contributed by atoms with E-state index >= 15 is 0 Å². The molecule has 2 rings (SSSR count). The Bertz CT molecular complexity index is 486. The smallest absolute Gasteiger partial charge is 0.246 e. The van der Waals surface area contributed by atoms with E-state index in [0.717, 1.165) is 0 Å². The zero-order valence-electron chi connectivity index (χ0n) is 9.81. The Morgan fingerprint density at radius 3 is 2.50 bits per heavy atom. The van der Waals surface area contributed by atoms with Crippen LogP contribution in [0.25, 0.3) is 0 Å². The second-order valence-electron chi connectivity index (χ2n) is 4.18. The molecule has 0 spiro atoms. The maximum absolute atomic E-state index is 13.9. The number of benzene rings is 1. The summed E-state index contributed by atoms with van der Waals surface area (Å²) in [5.74, 6) is -1.52. The van der Waals surface area contributed by atoms with E-state index in [0.29, 0.717) is 5.56 Å². The van der Waals surface area contributed by atoms with E-state index < -0.39 is 23.7 Å². The number of piperazine rings is 1. The van der Waals surface area contributed by atoms with Gasteiger partial charge in [-0.15, -0.1) is 0 Å². The van der Waals surface area contributed by atoms with E-state index in [1.807, 2.05) is 0 Å². The molecule has 1 fully saturated rings. The van der Waals surface area contributed by atoms with Crippen LogP contribution in [0.3, 0.4) is 0 Å². The van der Waals surface area contributed by atoms with Gasteiger partial charge in [0.05, 0.1) is 24.9 Å². The van der Waals surface area contributed by atoms with Crippen LogP contribution in [-0.2, 0) is 9.59 Å². The quantitative estimate of drug-likeness (QED) is 0.745. The standard InChI is InChI=1S/C12H13FN2O3/c1-7(16)8-3-2-4-9(13)12(8)15-5-10(17)14-11(18)6-15/h2-4,7,16H,5-6H2,1H3,(H,14,17,18). The average Bonchev–Trinajstić information content (AvgIpc) is 2.26. The summed E-state index contributed by atoms with van der Waals surface area (Å²) in [5.41, 5.74) is 0.466. The van der Waals surface area contributed by atoms with Gasteiger partial charge in [0.15, 0.2) is 0 Å². The summed E-state index contributed by atoms with van der Waals surface area (Å²) >= 11 is 0. The molecule has 0 aromatic heterocycles. The first-order chi connectivity index (χ1) is 8.49. The Balaban J connectivity index is 2.43. The molecule has 5 nitrogen and oxygen atoms in total. The normalized spacial score (nSPS) is 17.6. The van der Waals surface area contributed by atoms with Crippen molar-refractivity contribution >= 4 is 17.5 Å². The molecule has 1 aromatic rings. The number of carbonyl (C=O) groups excluding carboxylic acids is 2. The highest BCUT2D eigenvalue weighted by Gasteiger charge is 2.27. The molecule has 18 heavy (non-hydrogen) atoms. The maximum atomic E-state index is 13.9. The Morgan fingerprint density at radius 1 is 1.33 bits per heavy atom. The van der Waals surface area contributed by atoms with Gasteiger partial charge in [-0.05, 0) is 13.0 Å². The average molecular weight is 252 g/mol. The molecule has 1 aromatic carbocycles. The third-order valence-electron chi connectivity index (χ3n) is 2.73. The van der Waals surface area contributed by atoms with Gasteiger partial charge in [0, 0.05) is 5.56 Å². The Hall–Kier alpha value is -1.95. The van der Waals surface area contributed by atoms with Crippen LogP contribution in [0.5, 0.6) is 0 Å². The van der Waals surface area contributed by atoms with E-state index in [-0.39, 0.29) is 18.8 Å². The van der Waals surface area contributed by atoms with Crippen molar-refractivity contribution in [3.05, 3.63) is 29.6 Å². The molecule has 0 bridgehead atoms. The molecule has 1 saturated heterocycles. The highest BCUT2D eigenvalue weighted by Crippen LogP contribution is 2.29. The Labute approximate surface area is 103 Å². The van der Waals surface area contributed by atoms with Gasteiger partial charge in [-0.25, -0.2) is 4.39 Å². The van der Waals surface area contributed by atoms with Gasteiger partial charge in [0.1, 0.15) is 5.82 Å². The van der Waals surface area contributed by atoms with Crippen LogP contribution in [0.1, 0.15) is 18.6 Å². The second-order valence-corrected chi connectivity index (χ2v) is 4.18. The number of imide groups is 1. The molecule has 6 heteroatoms. The van der Waals surface area contributed by atoms with E-state index in [1.165, 1.54) is 24.0 Å². The van der Waals surface area contributed by atoms with Crippen molar-refractivity contribution in [1.29, 1.82) is 0 Å². The summed E-state index contributed by atoms with van der Waals surface area (Å²) in [5, 5.41) is 11.8. The van der Waals surface area contributed by atoms with Crippen LogP contribution in [0.2, 0.25) is 0 Å². The number of hydrogen-bond acceptors (Lipinski definition) is 4. The van der Waals surface area contributed by atoms with Crippen LogP contribution in [0.4, 0.5) is 10.1 Å². The maximum Gasteiger partial charge on any atom is 0.246 e. The van der Waals surface area contributed by atoms with E-state index in [9.17, 15) is 19.1 Å².